The molecule has 2 fully saturated rings. The summed E-state index contributed by atoms with van der Waals surface area (Å²) in [6.07, 6.45) is 4.09. The van der Waals surface area contributed by atoms with Gasteiger partial charge in [-0.3, -0.25) is 4.79 Å². The van der Waals surface area contributed by atoms with Crippen LogP contribution >= 0.6 is 0 Å². The first-order valence-electron chi connectivity index (χ1n) is 6.26. The highest BCUT2D eigenvalue weighted by atomic mass is 16.2. The number of nitriles is 1. The molecule has 0 N–H and O–H groups in total. The van der Waals surface area contributed by atoms with Crippen LogP contribution < -0.4 is 0 Å². The minimum absolute atomic E-state index is 0.200. The maximum absolute atomic E-state index is 12.1. The monoisotopic (exact) mass is 220 g/mol. The van der Waals surface area contributed by atoms with Crippen LogP contribution in [0.4, 0.5) is 0 Å². The van der Waals surface area contributed by atoms with Crippen molar-refractivity contribution >= 4 is 5.91 Å². The molecule has 1 unspecified atom stereocenters. The smallest absolute Gasteiger partial charge is 0.225 e. The zero-order chi connectivity index (χ0) is 11.8. The van der Waals surface area contributed by atoms with Crippen molar-refractivity contribution in [3.8, 4) is 6.07 Å². The molecule has 2 rings (SSSR count). The van der Waals surface area contributed by atoms with Crippen LogP contribution in [0, 0.1) is 28.6 Å². The van der Waals surface area contributed by atoms with Gasteiger partial charge in [0.2, 0.25) is 5.91 Å². The summed E-state index contributed by atoms with van der Waals surface area (Å²) in [5.74, 6) is 1.14. The number of hydrogen-bond acceptors (Lipinski definition) is 2. The normalized spacial score (nSPS) is 25.9. The quantitative estimate of drug-likeness (QED) is 0.716. The molecule has 16 heavy (non-hydrogen) atoms. The highest BCUT2D eigenvalue weighted by Gasteiger charge is 2.38. The lowest BCUT2D eigenvalue weighted by atomic mass is 9.81. The van der Waals surface area contributed by atoms with Gasteiger partial charge in [0.1, 0.15) is 0 Å². The lowest BCUT2D eigenvalue weighted by Crippen LogP contribution is -2.44. The summed E-state index contributed by atoms with van der Waals surface area (Å²) in [5, 5.41) is 9.03. The van der Waals surface area contributed by atoms with E-state index in [4.69, 9.17) is 5.26 Å². The van der Waals surface area contributed by atoms with Crippen LogP contribution in [0.1, 0.15) is 39.5 Å². The van der Waals surface area contributed by atoms with Gasteiger partial charge in [0.05, 0.1) is 11.5 Å². The third-order valence-corrected chi connectivity index (χ3v) is 4.17. The van der Waals surface area contributed by atoms with E-state index in [0.717, 1.165) is 25.9 Å². The molecule has 0 aromatic rings. The molecule has 0 radical (unpaired) electrons. The van der Waals surface area contributed by atoms with Crippen molar-refractivity contribution in [2.75, 3.05) is 13.1 Å². The zero-order valence-electron chi connectivity index (χ0n) is 10.2. The highest BCUT2D eigenvalue weighted by Crippen LogP contribution is 2.38. The number of carbonyl (C=O) groups excluding carboxylic acids is 1. The lowest BCUT2D eigenvalue weighted by molar-refractivity contribution is -0.137. The molecule has 0 aromatic heterocycles. The van der Waals surface area contributed by atoms with E-state index in [1.165, 1.54) is 12.8 Å². The SMILES string of the molecule is CC(C(=O)N1CCC(C)(C#N)CC1)C1CC1. The summed E-state index contributed by atoms with van der Waals surface area (Å²) < 4.78 is 0. The van der Waals surface area contributed by atoms with E-state index < -0.39 is 0 Å². The highest BCUT2D eigenvalue weighted by molar-refractivity contribution is 5.79. The van der Waals surface area contributed by atoms with Gasteiger partial charge in [-0.15, -0.1) is 0 Å². The second kappa shape index (κ2) is 4.08. The predicted octanol–water partition coefficient (Wildman–Crippen LogP) is 2.18. The molecular formula is C13H20N2O. The molecule has 88 valence electrons. The van der Waals surface area contributed by atoms with Gasteiger partial charge >= 0.3 is 0 Å². The van der Waals surface area contributed by atoms with Crippen LogP contribution in [0.3, 0.4) is 0 Å². The van der Waals surface area contributed by atoms with Crippen LogP contribution in [0.2, 0.25) is 0 Å². The number of hydrogen-bond donors (Lipinski definition) is 0. The summed E-state index contributed by atoms with van der Waals surface area (Å²) in [5.41, 5.74) is -0.209. The van der Waals surface area contributed by atoms with Crippen LogP contribution in [-0.4, -0.2) is 23.9 Å². The van der Waals surface area contributed by atoms with Crippen molar-refractivity contribution < 1.29 is 4.79 Å². The van der Waals surface area contributed by atoms with Crippen molar-refractivity contribution in [2.24, 2.45) is 17.3 Å². The molecule has 3 nitrogen and oxygen atoms in total. The van der Waals surface area contributed by atoms with Gasteiger partial charge in [0, 0.05) is 19.0 Å². The molecule has 2 aliphatic rings. The van der Waals surface area contributed by atoms with Crippen LogP contribution in [0.25, 0.3) is 0 Å². The molecule has 3 heteroatoms. The topological polar surface area (TPSA) is 44.1 Å². The third kappa shape index (κ3) is 2.21. The van der Waals surface area contributed by atoms with Gasteiger partial charge in [-0.25, -0.2) is 0 Å². The standard InChI is InChI=1S/C13H20N2O/c1-10(11-3-4-11)12(16)15-7-5-13(2,9-14)6-8-15/h10-11H,3-8H2,1-2H3. The fourth-order valence-electron chi connectivity index (χ4n) is 2.42. The molecule has 1 aliphatic heterocycles. The predicted molar refractivity (Wildman–Crippen MR) is 61.4 cm³/mol. The molecule has 1 heterocycles. The van der Waals surface area contributed by atoms with Crippen molar-refractivity contribution in [2.45, 2.75) is 39.5 Å². The van der Waals surface area contributed by atoms with Gasteiger partial charge in [-0.05, 0) is 38.5 Å². The number of rotatable bonds is 2. The Morgan fingerprint density at radius 1 is 1.44 bits per heavy atom. The summed E-state index contributed by atoms with van der Waals surface area (Å²) in [7, 11) is 0. The molecule has 1 saturated carbocycles. The summed E-state index contributed by atoms with van der Waals surface area (Å²) >= 11 is 0. The first kappa shape index (κ1) is 11.4. The fraction of sp³-hybridized carbons (Fsp3) is 0.846. The van der Waals surface area contributed by atoms with E-state index in [1.54, 1.807) is 0 Å². The lowest BCUT2D eigenvalue weighted by Gasteiger charge is -2.36. The van der Waals surface area contributed by atoms with Gasteiger partial charge in [-0.1, -0.05) is 6.92 Å². The van der Waals surface area contributed by atoms with Gasteiger partial charge in [0.15, 0.2) is 0 Å². The van der Waals surface area contributed by atoms with Crippen molar-refractivity contribution in [3.05, 3.63) is 0 Å². The van der Waals surface area contributed by atoms with Crippen molar-refractivity contribution in [1.29, 1.82) is 5.26 Å². The number of nitrogens with zero attached hydrogens (tertiary/aromatic N) is 2. The summed E-state index contributed by atoms with van der Waals surface area (Å²) in [6, 6.07) is 2.37. The molecule has 1 aliphatic carbocycles. The van der Waals surface area contributed by atoms with Gasteiger partial charge in [0.25, 0.3) is 0 Å². The van der Waals surface area contributed by atoms with E-state index in [9.17, 15) is 4.79 Å². The Morgan fingerprint density at radius 2 is 2.00 bits per heavy atom. The van der Waals surface area contributed by atoms with Gasteiger partial charge < -0.3 is 4.90 Å². The largest absolute Gasteiger partial charge is 0.342 e. The summed E-state index contributed by atoms with van der Waals surface area (Å²) in [4.78, 5) is 14.1. The third-order valence-electron chi connectivity index (χ3n) is 4.17. The van der Waals surface area contributed by atoms with E-state index in [2.05, 4.69) is 13.0 Å². The van der Waals surface area contributed by atoms with Crippen LogP contribution in [0.5, 0.6) is 0 Å². The molecule has 0 spiro atoms. The zero-order valence-corrected chi connectivity index (χ0v) is 10.2. The van der Waals surface area contributed by atoms with E-state index in [-0.39, 0.29) is 11.3 Å². The Hall–Kier alpha value is -1.04. The average molecular weight is 220 g/mol. The number of piperidine rings is 1. The Balaban J connectivity index is 1.89. The van der Waals surface area contributed by atoms with Crippen molar-refractivity contribution in [3.63, 3.8) is 0 Å². The maximum atomic E-state index is 12.1. The van der Waals surface area contributed by atoms with Crippen LogP contribution in [0.15, 0.2) is 0 Å². The maximum Gasteiger partial charge on any atom is 0.225 e. The minimum atomic E-state index is -0.209. The Bertz CT molecular complexity index is 319. The molecule has 1 atom stereocenters. The van der Waals surface area contributed by atoms with E-state index in [1.807, 2.05) is 11.8 Å². The number of carbonyl (C=O) groups is 1. The molecule has 0 aromatic carbocycles. The first-order chi connectivity index (χ1) is 7.56. The molecule has 0 bridgehead atoms. The summed E-state index contributed by atoms with van der Waals surface area (Å²) in [6.45, 7) is 5.58. The molecule has 1 saturated heterocycles. The van der Waals surface area contributed by atoms with Gasteiger partial charge in [-0.2, -0.15) is 5.26 Å². The van der Waals surface area contributed by atoms with E-state index >= 15 is 0 Å². The Morgan fingerprint density at radius 3 is 2.44 bits per heavy atom. The number of likely N-dealkylation sites (tertiary alicyclic amines) is 1. The van der Waals surface area contributed by atoms with Crippen LogP contribution in [-0.2, 0) is 4.79 Å². The minimum Gasteiger partial charge on any atom is -0.342 e. The first-order valence-corrected chi connectivity index (χ1v) is 6.26. The second-order valence-electron chi connectivity index (χ2n) is 5.62. The Labute approximate surface area is 97.4 Å². The second-order valence-corrected chi connectivity index (χ2v) is 5.62. The van der Waals surface area contributed by atoms with Crippen molar-refractivity contribution in [1.82, 2.24) is 4.90 Å². The van der Waals surface area contributed by atoms with E-state index in [0.29, 0.717) is 11.8 Å². The Kier molecular flexibility index (Phi) is 2.92. The fourth-order valence-corrected chi connectivity index (χ4v) is 2.42. The molecule has 1 amide bonds. The average Bonchev–Trinajstić information content (AvgIpc) is 3.12. The number of amides is 1. The molecular weight excluding hydrogens is 200 g/mol.